The van der Waals surface area contributed by atoms with E-state index in [0.717, 1.165) is 0 Å². The van der Waals surface area contributed by atoms with Gasteiger partial charge in [-0.25, -0.2) is 0 Å². The van der Waals surface area contributed by atoms with Crippen LogP contribution in [0.25, 0.3) is 22.3 Å². The molecule has 152 valence electrons. The Kier molecular flexibility index (Phi) is 5.77. The average Bonchev–Trinajstić information content (AvgIpc) is 2.66. The Morgan fingerprint density at radius 1 is 0.552 bits per heavy atom. The van der Waals surface area contributed by atoms with Crippen molar-refractivity contribution in [2.45, 2.75) is 72.1 Å². The molecule has 0 bridgehead atoms. The molecule has 29 heavy (non-hydrogen) atoms. The van der Waals surface area contributed by atoms with E-state index < -0.39 is 0 Å². The summed E-state index contributed by atoms with van der Waals surface area (Å²) in [5.74, 6) is 0.554. The second kappa shape index (κ2) is 7.82. The Morgan fingerprint density at radius 3 is 1.38 bits per heavy atom. The SMILES string of the molecule is CC(C)c1ccc(-c2cccc(-c3ccc(C(C)(C)C)cc3)c2C(C)(C)C)cc1. The van der Waals surface area contributed by atoms with E-state index in [9.17, 15) is 0 Å². The zero-order valence-electron chi connectivity index (χ0n) is 19.4. The van der Waals surface area contributed by atoms with Crippen molar-refractivity contribution in [3.63, 3.8) is 0 Å². The second-order valence-corrected chi connectivity index (χ2v) is 10.6. The molecule has 0 saturated carbocycles. The van der Waals surface area contributed by atoms with Gasteiger partial charge >= 0.3 is 0 Å². The van der Waals surface area contributed by atoms with Crippen LogP contribution in [0.5, 0.6) is 0 Å². The largest absolute Gasteiger partial charge is 0.0610 e. The molecule has 0 saturated heterocycles. The summed E-state index contributed by atoms with van der Waals surface area (Å²) in [5, 5.41) is 0. The van der Waals surface area contributed by atoms with Gasteiger partial charge < -0.3 is 0 Å². The van der Waals surface area contributed by atoms with Gasteiger partial charge in [-0.1, -0.05) is 122 Å². The first-order valence-electron chi connectivity index (χ1n) is 10.8. The number of hydrogen-bond donors (Lipinski definition) is 0. The fraction of sp³-hybridized carbons (Fsp3) is 0.379. The van der Waals surface area contributed by atoms with Gasteiger partial charge in [-0.2, -0.15) is 0 Å². The predicted octanol–water partition coefficient (Wildman–Crippen LogP) is 8.74. The predicted molar refractivity (Wildman–Crippen MR) is 129 cm³/mol. The third-order valence-corrected chi connectivity index (χ3v) is 5.76. The molecule has 0 aliphatic carbocycles. The molecule has 3 aromatic carbocycles. The standard InChI is InChI=1S/C29H36/c1-20(2)21-12-14-22(15-13-21)25-10-9-11-26(27(25)29(6,7)8)23-16-18-24(19-17-23)28(3,4)5/h9-20H,1-8H3. The minimum atomic E-state index is 0.0470. The molecule has 0 heteroatoms. The first-order chi connectivity index (χ1) is 13.5. The molecule has 0 unspecified atom stereocenters. The van der Waals surface area contributed by atoms with Gasteiger partial charge in [0, 0.05) is 0 Å². The lowest BCUT2D eigenvalue weighted by Gasteiger charge is -2.27. The van der Waals surface area contributed by atoms with E-state index in [1.165, 1.54) is 38.9 Å². The van der Waals surface area contributed by atoms with Crippen molar-refractivity contribution >= 4 is 0 Å². The number of benzene rings is 3. The molecule has 0 N–H and O–H groups in total. The van der Waals surface area contributed by atoms with Gasteiger partial charge in [0.05, 0.1) is 0 Å². The van der Waals surface area contributed by atoms with Crippen molar-refractivity contribution in [1.82, 2.24) is 0 Å². The summed E-state index contributed by atoms with van der Waals surface area (Å²) in [6.45, 7) is 18.3. The summed E-state index contributed by atoms with van der Waals surface area (Å²) in [5.41, 5.74) is 9.67. The Labute approximate surface area is 178 Å². The van der Waals surface area contributed by atoms with Crippen LogP contribution in [0.2, 0.25) is 0 Å². The van der Waals surface area contributed by atoms with Gasteiger partial charge in [-0.15, -0.1) is 0 Å². The Morgan fingerprint density at radius 2 is 1.00 bits per heavy atom. The summed E-state index contributed by atoms with van der Waals surface area (Å²) in [7, 11) is 0. The fourth-order valence-electron chi connectivity index (χ4n) is 4.04. The van der Waals surface area contributed by atoms with E-state index in [1.54, 1.807) is 0 Å². The van der Waals surface area contributed by atoms with Crippen LogP contribution in [-0.2, 0) is 10.8 Å². The van der Waals surface area contributed by atoms with Crippen LogP contribution in [0.4, 0.5) is 0 Å². The molecule has 3 rings (SSSR count). The normalized spacial score (nSPS) is 12.4. The minimum absolute atomic E-state index is 0.0470. The number of rotatable bonds is 3. The summed E-state index contributed by atoms with van der Waals surface area (Å²) in [6.07, 6.45) is 0. The van der Waals surface area contributed by atoms with E-state index in [0.29, 0.717) is 5.92 Å². The highest BCUT2D eigenvalue weighted by molar-refractivity contribution is 5.80. The van der Waals surface area contributed by atoms with Crippen molar-refractivity contribution < 1.29 is 0 Å². The monoisotopic (exact) mass is 384 g/mol. The minimum Gasteiger partial charge on any atom is -0.0610 e. The highest BCUT2D eigenvalue weighted by Gasteiger charge is 2.23. The summed E-state index contributed by atoms with van der Waals surface area (Å²) in [6, 6.07) is 25.0. The van der Waals surface area contributed by atoms with Crippen molar-refractivity contribution in [3.8, 4) is 22.3 Å². The van der Waals surface area contributed by atoms with Gasteiger partial charge in [0.25, 0.3) is 0 Å². The third-order valence-electron chi connectivity index (χ3n) is 5.76. The van der Waals surface area contributed by atoms with E-state index >= 15 is 0 Å². The molecule has 0 aliphatic heterocycles. The molecule has 0 radical (unpaired) electrons. The van der Waals surface area contributed by atoms with E-state index in [2.05, 4.69) is 122 Å². The molecule has 0 aromatic heterocycles. The summed E-state index contributed by atoms with van der Waals surface area (Å²) < 4.78 is 0. The zero-order valence-corrected chi connectivity index (χ0v) is 19.4. The molecule has 0 spiro atoms. The van der Waals surface area contributed by atoms with Gasteiger partial charge in [-0.3, -0.25) is 0 Å². The van der Waals surface area contributed by atoms with Crippen molar-refractivity contribution in [1.29, 1.82) is 0 Å². The molecule has 0 amide bonds. The molecule has 0 atom stereocenters. The van der Waals surface area contributed by atoms with E-state index in [4.69, 9.17) is 0 Å². The highest BCUT2D eigenvalue weighted by Crippen LogP contribution is 2.40. The molecular formula is C29H36. The first kappa shape index (κ1) is 21.4. The van der Waals surface area contributed by atoms with Crippen LogP contribution in [-0.4, -0.2) is 0 Å². The first-order valence-corrected chi connectivity index (χ1v) is 10.8. The Hall–Kier alpha value is -2.34. The fourth-order valence-corrected chi connectivity index (χ4v) is 4.04. The molecule has 0 aliphatic rings. The molecule has 0 nitrogen and oxygen atoms in total. The maximum atomic E-state index is 2.32. The Bertz CT molecular complexity index is 957. The summed E-state index contributed by atoms with van der Waals surface area (Å²) >= 11 is 0. The van der Waals surface area contributed by atoms with Crippen molar-refractivity contribution in [2.24, 2.45) is 0 Å². The van der Waals surface area contributed by atoms with Gasteiger partial charge in [0.1, 0.15) is 0 Å². The zero-order chi connectivity index (χ0) is 21.4. The van der Waals surface area contributed by atoms with Crippen LogP contribution in [0.1, 0.15) is 78.0 Å². The quantitative estimate of drug-likeness (QED) is 0.423. The van der Waals surface area contributed by atoms with Crippen molar-refractivity contribution in [3.05, 3.63) is 83.4 Å². The lowest BCUT2D eigenvalue weighted by molar-refractivity contribution is 0.589. The number of hydrogen-bond acceptors (Lipinski definition) is 0. The highest BCUT2D eigenvalue weighted by atomic mass is 14.3. The van der Waals surface area contributed by atoms with E-state index in [-0.39, 0.29) is 10.8 Å². The summed E-state index contributed by atoms with van der Waals surface area (Å²) in [4.78, 5) is 0. The molecule has 3 aromatic rings. The van der Waals surface area contributed by atoms with Crippen LogP contribution >= 0.6 is 0 Å². The third kappa shape index (κ3) is 4.64. The van der Waals surface area contributed by atoms with Crippen molar-refractivity contribution in [2.75, 3.05) is 0 Å². The lowest BCUT2D eigenvalue weighted by Crippen LogP contribution is -2.15. The topological polar surface area (TPSA) is 0 Å². The van der Waals surface area contributed by atoms with Crippen LogP contribution in [0, 0.1) is 0 Å². The van der Waals surface area contributed by atoms with Crippen LogP contribution in [0.3, 0.4) is 0 Å². The maximum Gasteiger partial charge on any atom is -0.0120 e. The second-order valence-electron chi connectivity index (χ2n) is 10.6. The van der Waals surface area contributed by atoms with Crippen LogP contribution in [0.15, 0.2) is 66.7 Å². The lowest BCUT2D eigenvalue weighted by atomic mass is 9.77. The molecule has 0 fully saturated rings. The maximum absolute atomic E-state index is 2.32. The molecular weight excluding hydrogens is 348 g/mol. The van der Waals surface area contributed by atoms with Gasteiger partial charge in [0.15, 0.2) is 0 Å². The molecule has 0 heterocycles. The van der Waals surface area contributed by atoms with Gasteiger partial charge in [0.2, 0.25) is 0 Å². The van der Waals surface area contributed by atoms with Crippen LogP contribution < -0.4 is 0 Å². The Balaban J connectivity index is 2.15. The smallest absolute Gasteiger partial charge is 0.0120 e. The van der Waals surface area contributed by atoms with E-state index in [1.807, 2.05) is 0 Å². The van der Waals surface area contributed by atoms with Gasteiger partial charge in [-0.05, 0) is 55.7 Å². The average molecular weight is 385 g/mol.